The molecule has 1 N–H and O–H groups in total. The smallest absolute Gasteiger partial charge is 0.371 e. The van der Waals surface area contributed by atoms with E-state index in [1.54, 1.807) is 0 Å². The van der Waals surface area contributed by atoms with Gasteiger partial charge in [-0.05, 0) is 34.1 Å². The maximum absolute atomic E-state index is 11.8. The van der Waals surface area contributed by atoms with E-state index >= 15 is 0 Å². The van der Waals surface area contributed by atoms with Crippen molar-refractivity contribution in [3.63, 3.8) is 0 Å². The van der Waals surface area contributed by atoms with Gasteiger partial charge in [0.2, 0.25) is 11.5 Å². The Balaban J connectivity index is 2.35. The number of hydrogen-bond donors (Lipinski definition) is 1. The fourth-order valence-electron chi connectivity index (χ4n) is 1.16. The van der Waals surface area contributed by atoms with Crippen LogP contribution in [0.5, 0.6) is 0 Å². The van der Waals surface area contributed by atoms with Gasteiger partial charge in [0.1, 0.15) is 0 Å². The Morgan fingerprint density at radius 3 is 2.38 bits per heavy atom. The van der Waals surface area contributed by atoms with E-state index in [1.165, 1.54) is 24.5 Å². The third kappa shape index (κ3) is 1.79. The first kappa shape index (κ1) is 10.7. The van der Waals surface area contributed by atoms with E-state index in [1.807, 2.05) is 0 Å². The van der Waals surface area contributed by atoms with Crippen LogP contribution in [0.2, 0.25) is 0 Å². The Bertz CT molecular complexity index is 551. The van der Waals surface area contributed by atoms with Crippen LogP contribution >= 0.6 is 15.9 Å². The van der Waals surface area contributed by atoms with Crippen LogP contribution in [-0.4, -0.2) is 16.9 Å². The molecule has 0 aromatic carbocycles. The zero-order valence-electron chi connectivity index (χ0n) is 7.77. The van der Waals surface area contributed by atoms with E-state index in [9.17, 15) is 9.59 Å². The summed E-state index contributed by atoms with van der Waals surface area (Å²) < 4.78 is 10.1. The summed E-state index contributed by atoms with van der Waals surface area (Å²) in [6.07, 6.45) is 1.35. The fraction of sp³-hybridized carbons (Fsp3) is 0. The molecule has 0 unspecified atom stereocenters. The lowest BCUT2D eigenvalue weighted by Gasteiger charge is -1.93. The Labute approximate surface area is 97.8 Å². The monoisotopic (exact) mass is 284 g/mol. The minimum atomic E-state index is -1.22. The summed E-state index contributed by atoms with van der Waals surface area (Å²) in [6.45, 7) is 0. The minimum Gasteiger partial charge on any atom is -0.475 e. The zero-order chi connectivity index (χ0) is 11.7. The minimum absolute atomic E-state index is 0.0421. The summed E-state index contributed by atoms with van der Waals surface area (Å²) in [5.41, 5.74) is 0.284. The molecular weight excluding hydrogens is 280 g/mol. The second-order valence-electron chi connectivity index (χ2n) is 2.91. The molecule has 0 saturated carbocycles. The number of carbonyl (C=O) groups is 2. The molecular formula is C10H5BrO5. The summed E-state index contributed by atoms with van der Waals surface area (Å²) in [4.78, 5) is 22.3. The Hall–Kier alpha value is -1.82. The van der Waals surface area contributed by atoms with Gasteiger partial charge in [-0.2, -0.15) is 0 Å². The van der Waals surface area contributed by atoms with Crippen LogP contribution in [0.1, 0.15) is 26.7 Å². The van der Waals surface area contributed by atoms with Crippen molar-refractivity contribution in [2.24, 2.45) is 0 Å². The van der Waals surface area contributed by atoms with Gasteiger partial charge < -0.3 is 13.9 Å². The van der Waals surface area contributed by atoms with Crippen LogP contribution in [0.4, 0.5) is 0 Å². The third-order valence-electron chi connectivity index (χ3n) is 1.90. The first-order chi connectivity index (χ1) is 7.59. The van der Waals surface area contributed by atoms with Gasteiger partial charge >= 0.3 is 5.97 Å². The van der Waals surface area contributed by atoms with Gasteiger partial charge in [-0.15, -0.1) is 0 Å². The summed E-state index contributed by atoms with van der Waals surface area (Å²) in [5.74, 6) is -1.97. The normalized spacial score (nSPS) is 10.3. The molecule has 0 saturated heterocycles. The molecule has 0 amide bonds. The lowest BCUT2D eigenvalue weighted by atomic mass is 10.2. The van der Waals surface area contributed by atoms with Crippen molar-refractivity contribution >= 4 is 27.7 Å². The van der Waals surface area contributed by atoms with Crippen LogP contribution < -0.4 is 0 Å². The molecule has 0 spiro atoms. The molecule has 6 heteroatoms. The maximum atomic E-state index is 11.8. The van der Waals surface area contributed by atoms with Crippen LogP contribution in [-0.2, 0) is 0 Å². The maximum Gasteiger partial charge on any atom is 0.371 e. The fourth-order valence-corrected chi connectivity index (χ4v) is 1.58. The molecule has 2 rings (SSSR count). The molecule has 5 nitrogen and oxygen atoms in total. The van der Waals surface area contributed by atoms with E-state index in [2.05, 4.69) is 15.9 Å². The molecule has 2 aromatic rings. The number of halogens is 1. The van der Waals surface area contributed by atoms with Gasteiger partial charge in [0.05, 0.1) is 11.8 Å². The first-order valence-electron chi connectivity index (χ1n) is 4.20. The van der Waals surface area contributed by atoms with E-state index in [0.29, 0.717) is 0 Å². The molecule has 0 fully saturated rings. The molecule has 0 aliphatic heterocycles. The molecule has 2 aromatic heterocycles. The third-order valence-corrected chi connectivity index (χ3v) is 2.52. The molecule has 0 aliphatic carbocycles. The van der Waals surface area contributed by atoms with Crippen molar-refractivity contribution in [2.45, 2.75) is 0 Å². The number of aromatic carboxylic acids is 1. The predicted octanol–water partition coefficient (Wildman–Crippen LogP) is 2.56. The number of furan rings is 2. The van der Waals surface area contributed by atoms with Crippen molar-refractivity contribution in [3.8, 4) is 0 Å². The molecule has 0 radical (unpaired) electrons. The van der Waals surface area contributed by atoms with E-state index in [0.717, 1.165) is 0 Å². The van der Waals surface area contributed by atoms with Gasteiger partial charge in [-0.3, -0.25) is 4.79 Å². The summed E-state index contributed by atoms with van der Waals surface area (Å²) in [5, 5.41) is 8.63. The second kappa shape index (κ2) is 3.97. The molecule has 0 atom stereocenters. The van der Waals surface area contributed by atoms with Crippen molar-refractivity contribution in [3.05, 3.63) is 46.2 Å². The van der Waals surface area contributed by atoms with E-state index in [-0.39, 0.29) is 21.8 Å². The molecule has 82 valence electrons. The number of ketones is 1. The quantitative estimate of drug-likeness (QED) is 0.876. The second-order valence-corrected chi connectivity index (χ2v) is 3.63. The predicted molar refractivity (Wildman–Crippen MR) is 55.5 cm³/mol. The highest BCUT2D eigenvalue weighted by Crippen LogP contribution is 2.22. The number of carboxylic acids is 1. The SMILES string of the molecule is O=C(O)c1ccc(C(=O)c2ccoc2Br)o1. The summed E-state index contributed by atoms with van der Waals surface area (Å²) >= 11 is 3.05. The standard InChI is InChI=1S/C10H5BrO5/c11-9-5(3-4-15-9)8(12)6-1-2-7(16-6)10(13)14/h1-4H,(H,13,14). The molecule has 0 bridgehead atoms. The first-order valence-corrected chi connectivity index (χ1v) is 4.99. The zero-order valence-corrected chi connectivity index (χ0v) is 9.35. The summed E-state index contributed by atoms with van der Waals surface area (Å²) in [6, 6.07) is 4.00. The lowest BCUT2D eigenvalue weighted by Crippen LogP contribution is -1.99. The van der Waals surface area contributed by atoms with Crippen LogP contribution in [0.25, 0.3) is 0 Å². The van der Waals surface area contributed by atoms with Crippen molar-refractivity contribution in [1.29, 1.82) is 0 Å². The Morgan fingerprint density at radius 2 is 1.88 bits per heavy atom. The Morgan fingerprint density at radius 1 is 1.19 bits per heavy atom. The van der Waals surface area contributed by atoms with Crippen LogP contribution in [0.15, 0.2) is 38.0 Å². The number of rotatable bonds is 3. The average molecular weight is 285 g/mol. The highest BCUT2D eigenvalue weighted by atomic mass is 79.9. The van der Waals surface area contributed by atoms with Crippen molar-refractivity contribution < 1.29 is 23.5 Å². The van der Waals surface area contributed by atoms with Crippen LogP contribution in [0, 0.1) is 0 Å². The molecule has 16 heavy (non-hydrogen) atoms. The highest BCUT2D eigenvalue weighted by Gasteiger charge is 2.19. The van der Waals surface area contributed by atoms with Gasteiger partial charge in [0.25, 0.3) is 0 Å². The van der Waals surface area contributed by atoms with Gasteiger partial charge in [0, 0.05) is 0 Å². The largest absolute Gasteiger partial charge is 0.475 e. The van der Waals surface area contributed by atoms with Crippen molar-refractivity contribution in [2.75, 3.05) is 0 Å². The number of carboxylic acid groups (broad SMARTS) is 1. The topological polar surface area (TPSA) is 80.6 Å². The molecule has 0 aliphatic rings. The van der Waals surface area contributed by atoms with Gasteiger partial charge in [-0.1, -0.05) is 0 Å². The summed E-state index contributed by atoms with van der Waals surface area (Å²) in [7, 11) is 0. The highest BCUT2D eigenvalue weighted by molar-refractivity contribution is 9.10. The van der Waals surface area contributed by atoms with E-state index < -0.39 is 11.8 Å². The van der Waals surface area contributed by atoms with E-state index in [4.69, 9.17) is 13.9 Å². The number of carbonyl (C=O) groups excluding carboxylic acids is 1. The average Bonchev–Trinajstić information content (AvgIpc) is 2.84. The van der Waals surface area contributed by atoms with Crippen molar-refractivity contribution in [1.82, 2.24) is 0 Å². The van der Waals surface area contributed by atoms with Gasteiger partial charge in [-0.25, -0.2) is 4.79 Å². The van der Waals surface area contributed by atoms with Gasteiger partial charge in [0.15, 0.2) is 10.4 Å². The number of hydrogen-bond acceptors (Lipinski definition) is 4. The lowest BCUT2D eigenvalue weighted by molar-refractivity contribution is 0.0660. The van der Waals surface area contributed by atoms with Crippen LogP contribution in [0.3, 0.4) is 0 Å². The molecule has 2 heterocycles. The Kier molecular flexibility index (Phi) is 2.66.